The van der Waals surface area contributed by atoms with Crippen LogP contribution in [0.1, 0.15) is 37.4 Å². The molecule has 1 fully saturated rings. The normalized spacial score (nSPS) is 15.1. The minimum Gasteiger partial charge on any atom is -0.478 e. The predicted molar refractivity (Wildman–Crippen MR) is 66.0 cm³/mol. The molecule has 1 aliphatic carbocycles. The molecule has 1 aromatic heterocycles. The van der Waals surface area contributed by atoms with E-state index in [1.54, 1.807) is 0 Å². The Labute approximate surface area is 102 Å². The Kier molecular flexibility index (Phi) is 4.05. The van der Waals surface area contributed by atoms with Crippen molar-refractivity contribution in [1.29, 1.82) is 0 Å². The first-order valence-electron chi connectivity index (χ1n) is 6.00. The van der Waals surface area contributed by atoms with Crippen molar-refractivity contribution in [3.8, 4) is 5.88 Å². The fourth-order valence-corrected chi connectivity index (χ4v) is 1.84. The molecular weight excluding hydrogens is 222 g/mol. The van der Waals surface area contributed by atoms with Gasteiger partial charge in [0.2, 0.25) is 5.88 Å². The van der Waals surface area contributed by atoms with E-state index in [1.807, 2.05) is 12.1 Å². The molecular formula is C13H18ClNO. The van der Waals surface area contributed by atoms with Crippen LogP contribution in [0.2, 0.25) is 0 Å². The Balaban J connectivity index is 1.94. The lowest BCUT2D eigenvalue weighted by atomic mass is 10.2. The summed E-state index contributed by atoms with van der Waals surface area (Å²) in [6.07, 6.45) is 4.83. The average molecular weight is 240 g/mol. The maximum Gasteiger partial charge on any atom is 0.213 e. The van der Waals surface area contributed by atoms with E-state index in [1.165, 1.54) is 12.8 Å². The third kappa shape index (κ3) is 3.38. The molecule has 0 bridgehead atoms. The van der Waals surface area contributed by atoms with Gasteiger partial charge in [-0.1, -0.05) is 19.8 Å². The van der Waals surface area contributed by atoms with Gasteiger partial charge in [0, 0.05) is 17.6 Å². The largest absolute Gasteiger partial charge is 0.478 e. The molecule has 0 atom stereocenters. The van der Waals surface area contributed by atoms with Crippen molar-refractivity contribution in [3.63, 3.8) is 0 Å². The minimum atomic E-state index is 0.522. The van der Waals surface area contributed by atoms with Crippen LogP contribution in [0.4, 0.5) is 0 Å². The van der Waals surface area contributed by atoms with Gasteiger partial charge < -0.3 is 4.74 Å². The fourth-order valence-electron chi connectivity index (χ4n) is 1.69. The summed E-state index contributed by atoms with van der Waals surface area (Å²) in [5.41, 5.74) is 2.15. The lowest BCUT2D eigenvalue weighted by Gasteiger charge is -2.08. The van der Waals surface area contributed by atoms with E-state index in [2.05, 4.69) is 11.9 Å². The van der Waals surface area contributed by atoms with Gasteiger partial charge in [-0.25, -0.2) is 4.98 Å². The SMILES string of the molecule is CCc1cc(CCl)cc(OCCC2CC2)n1. The van der Waals surface area contributed by atoms with Crippen LogP contribution in [0.25, 0.3) is 0 Å². The highest BCUT2D eigenvalue weighted by atomic mass is 35.5. The van der Waals surface area contributed by atoms with E-state index in [-0.39, 0.29) is 0 Å². The summed E-state index contributed by atoms with van der Waals surface area (Å²) in [6, 6.07) is 3.99. The Bertz CT molecular complexity index is 328. The topological polar surface area (TPSA) is 22.1 Å². The zero-order valence-electron chi connectivity index (χ0n) is 9.71. The van der Waals surface area contributed by atoms with Crippen molar-refractivity contribution in [3.05, 3.63) is 23.4 Å². The molecule has 0 N–H and O–H groups in total. The Morgan fingerprint density at radius 1 is 1.44 bits per heavy atom. The molecule has 0 aliphatic heterocycles. The number of ether oxygens (including phenoxy) is 1. The van der Waals surface area contributed by atoms with Crippen LogP contribution in [0.5, 0.6) is 5.88 Å². The molecule has 16 heavy (non-hydrogen) atoms. The number of aryl methyl sites for hydroxylation is 1. The maximum atomic E-state index is 5.84. The molecule has 1 heterocycles. The standard InChI is InChI=1S/C13H18ClNO/c1-2-12-7-11(9-14)8-13(15-12)16-6-5-10-3-4-10/h7-8,10H,2-6,9H2,1H3. The minimum absolute atomic E-state index is 0.522. The van der Waals surface area contributed by atoms with Crippen LogP contribution in [0.15, 0.2) is 12.1 Å². The molecule has 0 saturated heterocycles. The van der Waals surface area contributed by atoms with E-state index >= 15 is 0 Å². The Morgan fingerprint density at radius 2 is 2.25 bits per heavy atom. The second-order valence-electron chi connectivity index (χ2n) is 4.37. The van der Waals surface area contributed by atoms with Gasteiger partial charge in [-0.05, 0) is 30.4 Å². The number of hydrogen-bond acceptors (Lipinski definition) is 2. The molecule has 3 heteroatoms. The van der Waals surface area contributed by atoms with Crippen LogP contribution in [-0.4, -0.2) is 11.6 Å². The van der Waals surface area contributed by atoms with Gasteiger partial charge in [0.15, 0.2) is 0 Å². The first kappa shape index (κ1) is 11.7. The lowest BCUT2D eigenvalue weighted by Crippen LogP contribution is -2.02. The molecule has 2 rings (SSSR count). The second-order valence-corrected chi connectivity index (χ2v) is 4.64. The molecule has 88 valence electrons. The molecule has 0 unspecified atom stereocenters. The zero-order chi connectivity index (χ0) is 11.4. The summed E-state index contributed by atoms with van der Waals surface area (Å²) in [7, 11) is 0. The van der Waals surface area contributed by atoms with Crippen molar-refractivity contribution in [2.45, 2.75) is 38.5 Å². The van der Waals surface area contributed by atoms with Gasteiger partial charge in [0.1, 0.15) is 0 Å². The Hall–Kier alpha value is -0.760. The van der Waals surface area contributed by atoms with E-state index in [4.69, 9.17) is 16.3 Å². The molecule has 0 amide bonds. The van der Waals surface area contributed by atoms with Crippen LogP contribution in [0.3, 0.4) is 0 Å². The van der Waals surface area contributed by atoms with Gasteiger partial charge in [-0.3, -0.25) is 0 Å². The molecule has 0 radical (unpaired) electrons. The van der Waals surface area contributed by atoms with Gasteiger partial charge in [0.05, 0.1) is 6.61 Å². The molecule has 0 spiro atoms. The number of rotatable bonds is 6. The average Bonchev–Trinajstić information content (AvgIpc) is 3.12. The number of aromatic nitrogens is 1. The summed E-state index contributed by atoms with van der Waals surface area (Å²) in [5, 5.41) is 0. The smallest absolute Gasteiger partial charge is 0.213 e. The van der Waals surface area contributed by atoms with Crippen molar-refractivity contribution in [2.24, 2.45) is 5.92 Å². The van der Waals surface area contributed by atoms with E-state index < -0.39 is 0 Å². The molecule has 1 saturated carbocycles. The van der Waals surface area contributed by atoms with Gasteiger partial charge in [-0.15, -0.1) is 11.6 Å². The predicted octanol–water partition coefficient (Wildman–Crippen LogP) is 3.56. The van der Waals surface area contributed by atoms with E-state index in [0.717, 1.165) is 42.5 Å². The van der Waals surface area contributed by atoms with E-state index in [0.29, 0.717) is 5.88 Å². The summed E-state index contributed by atoms with van der Waals surface area (Å²) in [4.78, 5) is 4.44. The molecule has 1 aliphatic rings. The summed E-state index contributed by atoms with van der Waals surface area (Å²) >= 11 is 5.84. The highest BCUT2D eigenvalue weighted by Gasteiger charge is 2.20. The summed E-state index contributed by atoms with van der Waals surface area (Å²) in [5.74, 6) is 2.16. The zero-order valence-corrected chi connectivity index (χ0v) is 10.5. The Morgan fingerprint density at radius 3 is 2.88 bits per heavy atom. The number of nitrogens with zero attached hydrogens (tertiary/aromatic N) is 1. The van der Waals surface area contributed by atoms with Gasteiger partial charge in [0.25, 0.3) is 0 Å². The summed E-state index contributed by atoms with van der Waals surface area (Å²) in [6.45, 7) is 2.88. The summed E-state index contributed by atoms with van der Waals surface area (Å²) < 4.78 is 5.67. The van der Waals surface area contributed by atoms with Crippen LogP contribution in [-0.2, 0) is 12.3 Å². The number of alkyl halides is 1. The highest BCUT2D eigenvalue weighted by Crippen LogP contribution is 2.32. The highest BCUT2D eigenvalue weighted by molar-refractivity contribution is 6.17. The van der Waals surface area contributed by atoms with Crippen molar-refractivity contribution >= 4 is 11.6 Å². The second kappa shape index (κ2) is 5.53. The first-order valence-corrected chi connectivity index (χ1v) is 6.54. The van der Waals surface area contributed by atoms with E-state index in [9.17, 15) is 0 Å². The van der Waals surface area contributed by atoms with Crippen LogP contribution < -0.4 is 4.74 Å². The van der Waals surface area contributed by atoms with Gasteiger partial charge in [-0.2, -0.15) is 0 Å². The third-order valence-electron chi connectivity index (χ3n) is 2.90. The number of pyridine rings is 1. The molecule has 2 nitrogen and oxygen atoms in total. The lowest BCUT2D eigenvalue weighted by molar-refractivity contribution is 0.290. The number of halogens is 1. The molecule has 0 aromatic carbocycles. The van der Waals surface area contributed by atoms with Crippen molar-refractivity contribution in [2.75, 3.05) is 6.61 Å². The molecule has 1 aromatic rings. The van der Waals surface area contributed by atoms with Crippen molar-refractivity contribution in [1.82, 2.24) is 4.98 Å². The maximum absolute atomic E-state index is 5.84. The quantitative estimate of drug-likeness (QED) is 0.709. The van der Waals surface area contributed by atoms with Gasteiger partial charge >= 0.3 is 0 Å². The third-order valence-corrected chi connectivity index (χ3v) is 3.21. The monoisotopic (exact) mass is 239 g/mol. The van der Waals surface area contributed by atoms with Crippen LogP contribution in [0, 0.1) is 5.92 Å². The van der Waals surface area contributed by atoms with Crippen molar-refractivity contribution < 1.29 is 4.74 Å². The number of hydrogen-bond donors (Lipinski definition) is 0. The fraction of sp³-hybridized carbons (Fsp3) is 0.615. The van der Waals surface area contributed by atoms with Crippen LogP contribution >= 0.6 is 11.6 Å². The first-order chi connectivity index (χ1) is 7.81.